The molecule has 2 aliphatic heterocycles. The number of carbonyl (C=O) groups excluding carboxylic acids is 1. The van der Waals surface area contributed by atoms with Crippen LogP contribution in [-0.2, 0) is 6.54 Å². The highest BCUT2D eigenvalue weighted by Crippen LogP contribution is 2.34. The van der Waals surface area contributed by atoms with Crippen molar-refractivity contribution < 1.29 is 9.90 Å². The van der Waals surface area contributed by atoms with Crippen molar-refractivity contribution in [2.24, 2.45) is 0 Å². The fourth-order valence-corrected chi connectivity index (χ4v) is 5.71. The molecular weight excluding hydrogens is 398 g/mol. The fraction of sp³-hybridized carbons (Fsp3) is 0.444. The van der Waals surface area contributed by atoms with Gasteiger partial charge in [-0.3, -0.25) is 9.69 Å². The molecule has 3 heterocycles. The highest BCUT2D eigenvalue weighted by molar-refractivity contribution is 6.01. The average molecular weight is 432 g/mol. The quantitative estimate of drug-likeness (QED) is 0.645. The Labute approximate surface area is 190 Å². The number of nitrogens with one attached hydrogen (secondary N) is 1. The van der Waals surface area contributed by atoms with E-state index in [1.165, 1.54) is 16.7 Å². The molecule has 0 bridgehead atoms. The van der Waals surface area contributed by atoms with Crippen molar-refractivity contribution >= 4 is 16.8 Å². The van der Waals surface area contributed by atoms with Crippen molar-refractivity contribution in [2.45, 2.75) is 51.7 Å². The number of aromatic nitrogens is 1. The van der Waals surface area contributed by atoms with Gasteiger partial charge in [0, 0.05) is 36.1 Å². The first-order valence-electron chi connectivity index (χ1n) is 11.9. The van der Waals surface area contributed by atoms with Gasteiger partial charge in [0.05, 0.1) is 6.10 Å². The highest BCUT2D eigenvalue weighted by Gasteiger charge is 2.30. The Hall–Kier alpha value is -2.63. The number of benzene rings is 2. The van der Waals surface area contributed by atoms with Crippen LogP contribution in [0, 0.1) is 13.8 Å². The Balaban J connectivity index is 1.36. The predicted octanol–water partition coefficient (Wildman–Crippen LogP) is 4.37. The maximum atomic E-state index is 13.3. The SMILES string of the molecule is Cc1cccc(C)c1C1CCN(Cc2c(C(=O)N3CCC(O)C3)[nH]c3ccccc23)CC1. The summed E-state index contributed by atoms with van der Waals surface area (Å²) in [6, 6.07) is 14.8. The first kappa shape index (κ1) is 21.2. The van der Waals surface area contributed by atoms with Crippen molar-refractivity contribution in [3.63, 3.8) is 0 Å². The number of carbonyl (C=O) groups is 1. The van der Waals surface area contributed by atoms with Crippen LogP contribution in [0.2, 0.25) is 0 Å². The number of H-pyrrole nitrogens is 1. The van der Waals surface area contributed by atoms with Gasteiger partial charge in [0.25, 0.3) is 5.91 Å². The lowest BCUT2D eigenvalue weighted by Crippen LogP contribution is -2.34. The number of β-amino-alcohol motifs (C(OH)–C–C–N with tert-alkyl or cyclic N) is 1. The van der Waals surface area contributed by atoms with Gasteiger partial charge < -0.3 is 15.0 Å². The minimum atomic E-state index is -0.407. The smallest absolute Gasteiger partial charge is 0.270 e. The number of aromatic amines is 1. The van der Waals surface area contributed by atoms with E-state index >= 15 is 0 Å². The van der Waals surface area contributed by atoms with E-state index in [0.717, 1.165) is 48.9 Å². The van der Waals surface area contributed by atoms with Crippen LogP contribution in [0.15, 0.2) is 42.5 Å². The molecule has 2 aliphatic rings. The van der Waals surface area contributed by atoms with Crippen molar-refractivity contribution in [1.82, 2.24) is 14.8 Å². The van der Waals surface area contributed by atoms with Gasteiger partial charge in [0.1, 0.15) is 5.69 Å². The first-order valence-corrected chi connectivity index (χ1v) is 11.9. The summed E-state index contributed by atoms with van der Waals surface area (Å²) in [5, 5.41) is 11.0. The van der Waals surface area contributed by atoms with Crippen molar-refractivity contribution in [1.29, 1.82) is 0 Å². The molecule has 168 valence electrons. The van der Waals surface area contributed by atoms with Gasteiger partial charge in [-0.15, -0.1) is 0 Å². The van der Waals surface area contributed by atoms with E-state index in [-0.39, 0.29) is 5.91 Å². The molecule has 5 nitrogen and oxygen atoms in total. The summed E-state index contributed by atoms with van der Waals surface area (Å²) in [5.41, 5.74) is 7.13. The Kier molecular flexibility index (Phi) is 5.78. The van der Waals surface area contributed by atoms with Crippen LogP contribution in [0.5, 0.6) is 0 Å². The second-order valence-corrected chi connectivity index (χ2v) is 9.57. The van der Waals surface area contributed by atoms with Crippen LogP contribution in [0.25, 0.3) is 10.9 Å². The summed E-state index contributed by atoms with van der Waals surface area (Å²) in [4.78, 5) is 21.0. The van der Waals surface area contributed by atoms with E-state index in [4.69, 9.17) is 0 Å². The molecule has 5 rings (SSSR count). The topological polar surface area (TPSA) is 59.6 Å². The molecular formula is C27H33N3O2. The molecule has 2 N–H and O–H groups in total. The van der Waals surface area contributed by atoms with Gasteiger partial charge in [0.15, 0.2) is 0 Å². The third-order valence-corrected chi connectivity index (χ3v) is 7.40. The number of aliphatic hydroxyl groups is 1. The van der Waals surface area contributed by atoms with E-state index in [1.54, 1.807) is 4.90 Å². The van der Waals surface area contributed by atoms with Crippen molar-refractivity contribution in [3.8, 4) is 0 Å². The second-order valence-electron chi connectivity index (χ2n) is 9.57. The monoisotopic (exact) mass is 431 g/mol. The first-order chi connectivity index (χ1) is 15.5. The minimum absolute atomic E-state index is 0.0122. The van der Waals surface area contributed by atoms with E-state index < -0.39 is 6.10 Å². The summed E-state index contributed by atoms with van der Waals surface area (Å²) >= 11 is 0. The molecule has 1 aromatic heterocycles. The number of likely N-dealkylation sites (tertiary alicyclic amines) is 2. The molecule has 1 atom stereocenters. The highest BCUT2D eigenvalue weighted by atomic mass is 16.3. The Morgan fingerprint density at radius 2 is 1.72 bits per heavy atom. The molecule has 0 saturated carbocycles. The van der Waals surface area contributed by atoms with Gasteiger partial charge in [-0.2, -0.15) is 0 Å². The average Bonchev–Trinajstić information content (AvgIpc) is 3.38. The van der Waals surface area contributed by atoms with Crippen molar-refractivity contribution in [3.05, 3.63) is 70.4 Å². The molecule has 2 aromatic carbocycles. The minimum Gasteiger partial charge on any atom is -0.391 e. The van der Waals surface area contributed by atoms with Gasteiger partial charge in [-0.25, -0.2) is 0 Å². The number of aliphatic hydroxyl groups excluding tert-OH is 1. The molecule has 5 heteroatoms. The van der Waals surface area contributed by atoms with Gasteiger partial charge in [-0.05, 0) is 74.9 Å². The number of hydrogen-bond acceptors (Lipinski definition) is 3. The Bertz CT molecular complexity index is 1110. The number of amides is 1. The molecule has 0 radical (unpaired) electrons. The largest absolute Gasteiger partial charge is 0.391 e. The van der Waals surface area contributed by atoms with E-state index in [1.807, 2.05) is 18.2 Å². The molecule has 2 saturated heterocycles. The predicted molar refractivity (Wildman–Crippen MR) is 128 cm³/mol. The van der Waals surface area contributed by atoms with Crippen LogP contribution < -0.4 is 0 Å². The van der Waals surface area contributed by atoms with Gasteiger partial charge in [-0.1, -0.05) is 36.4 Å². The van der Waals surface area contributed by atoms with E-state index in [0.29, 0.717) is 31.1 Å². The summed E-state index contributed by atoms with van der Waals surface area (Å²) in [6.45, 7) is 8.36. The summed E-state index contributed by atoms with van der Waals surface area (Å²) in [6.07, 6.45) is 2.55. The lowest BCUT2D eigenvalue weighted by atomic mass is 9.84. The zero-order valence-corrected chi connectivity index (χ0v) is 19.1. The second kappa shape index (κ2) is 8.72. The van der Waals surface area contributed by atoms with E-state index in [2.05, 4.69) is 48.0 Å². The van der Waals surface area contributed by atoms with Gasteiger partial charge in [0.2, 0.25) is 0 Å². The fourth-order valence-electron chi connectivity index (χ4n) is 5.71. The number of aryl methyl sites for hydroxylation is 2. The normalized spacial score (nSPS) is 20.3. The number of para-hydroxylation sites is 1. The Morgan fingerprint density at radius 1 is 1.00 bits per heavy atom. The molecule has 0 aliphatic carbocycles. The van der Waals surface area contributed by atoms with Crippen LogP contribution >= 0.6 is 0 Å². The molecule has 1 unspecified atom stereocenters. The summed E-state index contributed by atoms with van der Waals surface area (Å²) in [7, 11) is 0. The van der Waals surface area contributed by atoms with Crippen molar-refractivity contribution in [2.75, 3.05) is 26.2 Å². The maximum absolute atomic E-state index is 13.3. The van der Waals surface area contributed by atoms with Crippen LogP contribution in [0.1, 0.15) is 57.9 Å². The third kappa shape index (κ3) is 3.96. The van der Waals surface area contributed by atoms with Crippen LogP contribution in [0.3, 0.4) is 0 Å². The third-order valence-electron chi connectivity index (χ3n) is 7.40. The maximum Gasteiger partial charge on any atom is 0.270 e. The molecule has 2 fully saturated rings. The molecule has 32 heavy (non-hydrogen) atoms. The zero-order valence-electron chi connectivity index (χ0n) is 19.1. The molecule has 1 amide bonds. The Morgan fingerprint density at radius 3 is 2.41 bits per heavy atom. The number of nitrogens with zero attached hydrogens (tertiary/aromatic N) is 2. The molecule has 0 spiro atoms. The van der Waals surface area contributed by atoms with Crippen LogP contribution in [0.4, 0.5) is 0 Å². The molecule has 3 aromatic rings. The number of hydrogen-bond donors (Lipinski definition) is 2. The van der Waals surface area contributed by atoms with E-state index in [9.17, 15) is 9.90 Å². The standard InChI is InChI=1S/C27H33N3O2/c1-18-6-5-7-19(2)25(18)20-10-13-29(14-11-20)17-23-22-8-3-4-9-24(22)28-26(23)27(32)30-15-12-21(31)16-30/h3-9,20-21,28,31H,10-17H2,1-2H3. The number of rotatable bonds is 4. The number of piperidine rings is 1. The summed E-state index contributed by atoms with van der Waals surface area (Å²) in [5.74, 6) is 0.626. The number of fused-ring (bicyclic) bond motifs is 1. The summed E-state index contributed by atoms with van der Waals surface area (Å²) < 4.78 is 0. The zero-order chi connectivity index (χ0) is 22.2. The lowest BCUT2D eigenvalue weighted by molar-refractivity contribution is 0.0757. The van der Waals surface area contributed by atoms with Crippen LogP contribution in [-0.4, -0.2) is 58.1 Å². The lowest BCUT2D eigenvalue weighted by Gasteiger charge is -2.33. The van der Waals surface area contributed by atoms with Gasteiger partial charge >= 0.3 is 0 Å².